The second kappa shape index (κ2) is 11.5. The summed E-state index contributed by atoms with van der Waals surface area (Å²) in [4.78, 5) is 2.48. The molecule has 8 aromatic carbocycles. The van der Waals surface area contributed by atoms with Crippen molar-refractivity contribution in [2.75, 3.05) is 4.90 Å². The Kier molecular flexibility index (Phi) is 6.64. The molecule has 0 N–H and O–H groups in total. The van der Waals surface area contributed by atoms with Crippen LogP contribution in [0.3, 0.4) is 0 Å². The molecule has 0 fully saturated rings. The van der Waals surface area contributed by atoms with Crippen molar-refractivity contribution in [2.45, 2.75) is 31.1 Å². The van der Waals surface area contributed by atoms with E-state index in [1.807, 2.05) is 0 Å². The van der Waals surface area contributed by atoms with Gasteiger partial charge in [0.25, 0.3) is 0 Å². The van der Waals surface area contributed by atoms with E-state index in [0.717, 1.165) is 23.5 Å². The lowest BCUT2D eigenvalue weighted by atomic mass is 9.61. The first-order valence-corrected chi connectivity index (χ1v) is 19.1. The Morgan fingerprint density at radius 3 is 1.44 bits per heavy atom. The fourth-order valence-corrected chi connectivity index (χ4v) is 10.1. The average molecular weight is 690 g/mol. The Labute approximate surface area is 317 Å². The second-order valence-electron chi connectivity index (χ2n) is 15.7. The molecule has 3 aliphatic carbocycles. The van der Waals surface area contributed by atoms with Crippen molar-refractivity contribution in [3.05, 3.63) is 233 Å². The van der Waals surface area contributed by atoms with Crippen LogP contribution in [0.15, 0.2) is 188 Å². The van der Waals surface area contributed by atoms with Gasteiger partial charge < -0.3 is 4.90 Å². The maximum absolute atomic E-state index is 2.51. The van der Waals surface area contributed by atoms with Crippen LogP contribution < -0.4 is 4.90 Å². The summed E-state index contributed by atoms with van der Waals surface area (Å²) in [5.41, 5.74) is 21.7. The SMILES string of the molecule is CC1(C)c2ccccc2-c2ccc(N(c3ccc(-c4ccccc4)cc3)c3ccc4c(c3)C3(c5ccccc5Cc5ccccc53)c3ccccc3-4)cc21. The third-order valence-electron chi connectivity index (χ3n) is 12.6. The largest absolute Gasteiger partial charge is 0.310 e. The number of nitrogens with zero attached hydrogens (tertiary/aromatic N) is 1. The highest BCUT2D eigenvalue weighted by Gasteiger charge is 2.50. The van der Waals surface area contributed by atoms with Crippen molar-refractivity contribution in [1.82, 2.24) is 0 Å². The zero-order valence-electron chi connectivity index (χ0n) is 30.6. The van der Waals surface area contributed by atoms with Gasteiger partial charge in [0.1, 0.15) is 0 Å². The molecular formula is C53H39N. The zero-order valence-corrected chi connectivity index (χ0v) is 30.6. The molecule has 54 heavy (non-hydrogen) atoms. The van der Waals surface area contributed by atoms with Crippen molar-refractivity contribution in [1.29, 1.82) is 0 Å². The monoisotopic (exact) mass is 689 g/mol. The van der Waals surface area contributed by atoms with Gasteiger partial charge in [0.15, 0.2) is 0 Å². The van der Waals surface area contributed by atoms with Gasteiger partial charge in [-0.1, -0.05) is 166 Å². The van der Waals surface area contributed by atoms with Gasteiger partial charge in [-0.3, -0.25) is 0 Å². The number of fused-ring (bicyclic) bond motifs is 12. The highest BCUT2D eigenvalue weighted by atomic mass is 15.1. The summed E-state index contributed by atoms with van der Waals surface area (Å²) in [6, 6.07) is 70.4. The summed E-state index contributed by atoms with van der Waals surface area (Å²) in [6.07, 6.45) is 0.943. The van der Waals surface area contributed by atoms with Crippen LogP contribution in [0.25, 0.3) is 33.4 Å². The van der Waals surface area contributed by atoms with E-state index in [1.54, 1.807) is 0 Å². The minimum atomic E-state index is -0.419. The Morgan fingerprint density at radius 1 is 0.352 bits per heavy atom. The van der Waals surface area contributed by atoms with Gasteiger partial charge in [0.2, 0.25) is 0 Å². The maximum Gasteiger partial charge on any atom is 0.0719 e. The molecule has 0 heterocycles. The molecule has 11 rings (SSSR count). The molecular weight excluding hydrogens is 651 g/mol. The summed E-state index contributed by atoms with van der Waals surface area (Å²) >= 11 is 0. The van der Waals surface area contributed by atoms with Crippen LogP contribution in [-0.4, -0.2) is 0 Å². The van der Waals surface area contributed by atoms with Crippen LogP contribution in [0.1, 0.15) is 58.4 Å². The third-order valence-corrected chi connectivity index (χ3v) is 12.6. The normalized spacial score (nSPS) is 14.7. The molecule has 256 valence electrons. The molecule has 1 nitrogen and oxygen atoms in total. The molecule has 0 unspecified atom stereocenters. The van der Waals surface area contributed by atoms with Crippen LogP contribution in [0.5, 0.6) is 0 Å². The van der Waals surface area contributed by atoms with E-state index in [0.29, 0.717) is 0 Å². The lowest BCUT2D eigenvalue weighted by Gasteiger charge is -2.40. The zero-order chi connectivity index (χ0) is 36.0. The predicted molar refractivity (Wildman–Crippen MR) is 224 cm³/mol. The molecule has 0 atom stereocenters. The average Bonchev–Trinajstić information content (AvgIpc) is 3.64. The topological polar surface area (TPSA) is 3.24 Å². The third kappa shape index (κ3) is 4.27. The number of benzene rings is 8. The van der Waals surface area contributed by atoms with Gasteiger partial charge in [0.05, 0.1) is 5.41 Å². The number of hydrogen-bond donors (Lipinski definition) is 0. The van der Waals surface area contributed by atoms with Crippen molar-refractivity contribution in [3.8, 4) is 33.4 Å². The smallest absolute Gasteiger partial charge is 0.0719 e. The first-order chi connectivity index (χ1) is 26.5. The highest BCUT2D eigenvalue weighted by molar-refractivity contribution is 5.92. The number of rotatable bonds is 4. The standard InChI is InChI=1S/C53H39N/c1-52(2)48-22-12-8-18-42(48)44-30-28-40(33-50(44)52)54(39-26-24-36(25-27-39)35-14-4-3-5-15-35)41-29-31-45-43-19-9-13-23-49(43)53(51(45)34-41)46-20-10-6-16-37(46)32-38-17-7-11-21-47(38)53/h3-31,33-34H,32H2,1-2H3. The van der Waals surface area contributed by atoms with Crippen LogP contribution in [0.4, 0.5) is 17.1 Å². The molecule has 3 aliphatic rings. The molecule has 0 bridgehead atoms. The van der Waals surface area contributed by atoms with Gasteiger partial charge in [-0.15, -0.1) is 0 Å². The Morgan fingerprint density at radius 2 is 0.796 bits per heavy atom. The molecule has 0 aliphatic heterocycles. The maximum atomic E-state index is 2.51. The quantitative estimate of drug-likeness (QED) is 0.178. The number of hydrogen-bond acceptors (Lipinski definition) is 1. The molecule has 8 aromatic rings. The fourth-order valence-electron chi connectivity index (χ4n) is 10.1. The minimum Gasteiger partial charge on any atom is -0.310 e. The molecule has 1 spiro atoms. The summed E-state index contributed by atoms with van der Waals surface area (Å²) in [6.45, 7) is 4.74. The molecule has 1 heteroatoms. The van der Waals surface area contributed by atoms with Crippen LogP contribution in [0.2, 0.25) is 0 Å². The molecule has 0 saturated carbocycles. The van der Waals surface area contributed by atoms with Crippen molar-refractivity contribution >= 4 is 17.1 Å². The predicted octanol–water partition coefficient (Wildman–Crippen LogP) is 13.4. The van der Waals surface area contributed by atoms with E-state index in [4.69, 9.17) is 0 Å². The lowest BCUT2D eigenvalue weighted by Crippen LogP contribution is -2.34. The van der Waals surface area contributed by atoms with E-state index in [1.165, 1.54) is 77.9 Å². The first kappa shape index (κ1) is 31.1. The van der Waals surface area contributed by atoms with Gasteiger partial charge in [-0.05, 0) is 121 Å². The Hall–Kier alpha value is -6.44. The summed E-state index contributed by atoms with van der Waals surface area (Å²) in [7, 11) is 0. The van der Waals surface area contributed by atoms with E-state index in [-0.39, 0.29) is 5.41 Å². The van der Waals surface area contributed by atoms with Crippen molar-refractivity contribution in [2.24, 2.45) is 0 Å². The van der Waals surface area contributed by atoms with Gasteiger partial charge in [0, 0.05) is 22.5 Å². The van der Waals surface area contributed by atoms with Crippen LogP contribution in [-0.2, 0) is 17.3 Å². The van der Waals surface area contributed by atoms with E-state index >= 15 is 0 Å². The fraction of sp³-hybridized carbons (Fsp3) is 0.0943. The molecule has 0 radical (unpaired) electrons. The summed E-state index contributed by atoms with van der Waals surface area (Å²) in [5, 5.41) is 0. The highest BCUT2D eigenvalue weighted by Crippen LogP contribution is 2.60. The molecule has 0 saturated heterocycles. The first-order valence-electron chi connectivity index (χ1n) is 19.1. The second-order valence-corrected chi connectivity index (χ2v) is 15.7. The Balaban J connectivity index is 1.16. The van der Waals surface area contributed by atoms with Gasteiger partial charge >= 0.3 is 0 Å². The van der Waals surface area contributed by atoms with Crippen molar-refractivity contribution < 1.29 is 0 Å². The summed E-state index contributed by atoms with van der Waals surface area (Å²) in [5.74, 6) is 0. The number of anilines is 3. The van der Waals surface area contributed by atoms with E-state index in [2.05, 4.69) is 207 Å². The Bertz CT molecular complexity index is 2720. The minimum absolute atomic E-state index is 0.107. The van der Waals surface area contributed by atoms with Gasteiger partial charge in [-0.2, -0.15) is 0 Å². The lowest BCUT2D eigenvalue weighted by molar-refractivity contribution is 0.660. The molecule has 0 aromatic heterocycles. The van der Waals surface area contributed by atoms with E-state index < -0.39 is 5.41 Å². The van der Waals surface area contributed by atoms with Crippen LogP contribution >= 0.6 is 0 Å². The van der Waals surface area contributed by atoms with E-state index in [9.17, 15) is 0 Å². The summed E-state index contributed by atoms with van der Waals surface area (Å²) < 4.78 is 0. The van der Waals surface area contributed by atoms with Gasteiger partial charge in [-0.25, -0.2) is 0 Å². The van der Waals surface area contributed by atoms with Crippen LogP contribution in [0, 0.1) is 0 Å². The van der Waals surface area contributed by atoms with Crippen molar-refractivity contribution in [3.63, 3.8) is 0 Å². The molecule has 0 amide bonds.